The molecule has 0 atom stereocenters. The van der Waals surface area contributed by atoms with Crippen LogP contribution in [0.2, 0.25) is 0 Å². The number of benzene rings is 2. The molecular formula is C18H23NO. The van der Waals surface area contributed by atoms with Crippen LogP contribution in [0.25, 0.3) is 0 Å². The van der Waals surface area contributed by atoms with Crippen LogP contribution in [0.15, 0.2) is 30.3 Å². The molecule has 2 heteroatoms. The van der Waals surface area contributed by atoms with E-state index in [1.807, 2.05) is 7.05 Å². The molecule has 0 heterocycles. The molecule has 0 amide bonds. The first kappa shape index (κ1) is 14.6. The predicted molar refractivity (Wildman–Crippen MR) is 84.7 cm³/mol. The first-order valence-corrected chi connectivity index (χ1v) is 7.01. The molecule has 0 bridgehead atoms. The molecule has 20 heavy (non-hydrogen) atoms. The molecule has 0 saturated heterocycles. The van der Waals surface area contributed by atoms with Gasteiger partial charge in [-0.05, 0) is 68.6 Å². The predicted octanol–water partition coefficient (Wildman–Crippen LogP) is 4.43. The molecule has 0 radical (unpaired) electrons. The highest BCUT2D eigenvalue weighted by atomic mass is 16.5. The van der Waals surface area contributed by atoms with Crippen LogP contribution in [0.5, 0.6) is 11.5 Å². The van der Waals surface area contributed by atoms with Crippen molar-refractivity contribution in [2.75, 3.05) is 7.05 Å². The summed E-state index contributed by atoms with van der Waals surface area (Å²) in [4.78, 5) is 0. The van der Waals surface area contributed by atoms with Gasteiger partial charge in [0.25, 0.3) is 0 Å². The van der Waals surface area contributed by atoms with Crippen LogP contribution < -0.4 is 10.1 Å². The van der Waals surface area contributed by atoms with Crippen molar-refractivity contribution in [3.8, 4) is 11.5 Å². The second-order valence-corrected chi connectivity index (χ2v) is 5.39. The van der Waals surface area contributed by atoms with Crippen LogP contribution >= 0.6 is 0 Å². The molecule has 2 aromatic rings. The van der Waals surface area contributed by atoms with Crippen molar-refractivity contribution in [3.05, 3.63) is 58.1 Å². The number of nitrogens with one attached hydrogen (secondary N) is 1. The average Bonchev–Trinajstić information content (AvgIpc) is 2.43. The van der Waals surface area contributed by atoms with Gasteiger partial charge in [-0.15, -0.1) is 0 Å². The summed E-state index contributed by atoms with van der Waals surface area (Å²) in [5.41, 5.74) is 6.03. The zero-order valence-corrected chi connectivity index (χ0v) is 13.0. The first-order valence-electron chi connectivity index (χ1n) is 7.01. The molecule has 0 unspecified atom stereocenters. The van der Waals surface area contributed by atoms with Gasteiger partial charge in [-0.25, -0.2) is 0 Å². The zero-order valence-electron chi connectivity index (χ0n) is 13.0. The van der Waals surface area contributed by atoms with Crippen LogP contribution in [0.4, 0.5) is 0 Å². The Morgan fingerprint density at radius 2 is 1.55 bits per heavy atom. The molecule has 2 nitrogen and oxygen atoms in total. The Kier molecular flexibility index (Phi) is 4.46. The topological polar surface area (TPSA) is 21.3 Å². The smallest absolute Gasteiger partial charge is 0.133 e. The highest BCUT2D eigenvalue weighted by molar-refractivity contribution is 5.48. The standard InChI is InChI=1S/C18H23NO/c1-12-6-7-14(3)18(15(12)4)20-17-10-16(11-19-5)9-8-13(17)2/h6-10,19H,11H2,1-5H3. The Labute approximate surface area is 121 Å². The molecule has 0 fully saturated rings. The fourth-order valence-electron chi connectivity index (χ4n) is 2.26. The maximum absolute atomic E-state index is 6.21. The van der Waals surface area contributed by atoms with Crippen LogP contribution in [0.1, 0.15) is 27.8 Å². The Balaban J connectivity index is 2.39. The Hall–Kier alpha value is -1.80. The van der Waals surface area contributed by atoms with E-state index in [0.29, 0.717) is 0 Å². The quantitative estimate of drug-likeness (QED) is 0.886. The summed E-state index contributed by atoms with van der Waals surface area (Å²) >= 11 is 0. The second-order valence-electron chi connectivity index (χ2n) is 5.39. The molecule has 2 rings (SSSR count). The van der Waals surface area contributed by atoms with Crippen molar-refractivity contribution in [3.63, 3.8) is 0 Å². The number of hydrogen-bond donors (Lipinski definition) is 1. The lowest BCUT2D eigenvalue weighted by Crippen LogP contribution is -2.05. The summed E-state index contributed by atoms with van der Waals surface area (Å²) in [6, 6.07) is 10.6. The lowest BCUT2D eigenvalue weighted by molar-refractivity contribution is 0.470. The molecule has 0 aliphatic carbocycles. The first-order chi connectivity index (χ1) is 9.52. The van der Waals surface area contributed by atoms with Gasteiger partial charge in [0.05, 0.1) is 0 Å². The molecule has 0 spiro atoms. The fourth-order valence-corrected chi connectivity index (χ4v) is 2.26. The molecule has 106 valence electrons. The van der Waals surface area contributed by atoms with Gasteiger partial charge < -0.3 is 10.1 Å². The number of ether oxygens (including phenoxy) is 1. The van der Waals surface area contributed by atoms with E-state index in [2.05, 4.69) is 63.3 Å². The third-order valence-corrected chi connectivity index (χ3v) is 3.72. The number of rotatable bonds is 4. The monoisotopic (exact) mass is 269 g/mol. The summed E-state index contributed by atoms with van der Waals surface area (Å²) in [6.45, 7) is 9.26. The van der Waals surface area contributed by atoms with E-state index >= 15 is 0 Å². The summed E-state index contributed by atoms with van der Waals surface area (Å²) in [7, 11) is 1.95. The van der Waals surface area contributed by atoms with Crippen molar-refractivity contribution in [2.45, 2.75) is 34.2 Å². The molecule has 2 aromatic carbocycles. The molecule has 0 saturated carbocycles. The van der Waals surface area contributed by atoms with E-state index in [9.17, 15) is 0 Å². The van der Waals surface area contributed by atoms with E-state index in [1.165, 1.54) is 22.3 Å². The van der Waals surface area contributed by atoms with E-state index in [0.717, 1.165) is 23.6 Å². The van der Waals surface area contributed by atoms with Crippen molar-refractivity contribution in [2.24, 2.45) is 0 Å². The highest BCUT2D eigenvalue weighted by Gasteiger charge is 2.09. The third-order valence-electron chi connectivity index (χ3n) is 3.72. The van der Waals surface area contributed by atoms with Crippen LogP contribution in [0, 0.1) is 27.7 Å². The van der Waals surface area contributed by atoms with Crippen molar-refractivity contribution < 1.29 is 4.74 Å². The fraction of sp³-hybridized carbons (Fsp3) is 0.333. The summed E-state index contributed by atoms with van der Waals surface area (Å²) in [5, 5.41) is 3.17. The molecule has 0 aromatic heterocycles. The Bertz CT molecular complexity index is 617. The minimum absolute atomic E-state index is 0.850. The van der Waals surface area contributed by atoms with Gasteiger partial charge in [-0.1, -0.05) is 24.3 Å². The van der Waals surface area contributed by atoms with Gasteiger partial charge in [-0.2, -0.15) is 0 Å². The summed E-state index contributed by atoms with van der Waals surface area (Å²) < 4.78 is 6.21. The van der Waals surface area contributed by atoms with Crippen LogP contribution in [-0.4, -0.2) is 7.05 Å². The lowest BCUT2D eigenvalue weighted by Gasteiger charge is -2.16. The normalized spacial score (nSPS) is 10.7. The van der Waals surface area contributed by atoms with Crippen LogP contribution in [0.3, 0.4) is 0 Å². The highest BCUT2D eigenvalue weighted by Crippen LogP contribution is 2.32. The molecular weight excluding hydrogens is 246 g/mol. The second kappa shape index (κ2) is 6.10. The maximum atomic E-state index is 6.21. The zero-order chi connectivity index (χ0) is 14.7. The van der Waals surface area contributed by atoms with Gasteiger partial charge >= 0.3 is 0 Å². The number of aryl methyl sites for hydroxylation is 3. The van der Waals surface area contributed by atoms with Crippen LogP contribution in [-0.2, 0) is 6.54 Å². The Morgan fingerprint density at radius 1 is 0.900 bits per heavy atom. The minimum Gasteiger partial charge on any atom is -0.457 e. The lowest BCUT2D eigenvalue weighted by atomic mass is 10.0. The minimum atomic E-state index is 0.850. The number of hydrogen-bond acceptors (Lipinski definition) is 2. The van der Waals surface area contributed by atoms with Gasteiger partial charge in [0.15, 0.2) is 0 Å². The SMILES string of the molecule is CNCc1ccc(C)c(Oc2c(C)ccc(C)c2C)c1. The van der Waals surface area contributed by atoms with Gasteiger partial charge in [0.1, 0.15) is 11.5 Å². The van der Waals surface area contributed by atoms with Crippen molar-refractivity contribution in [1.29, 1.82) is 0 Å². The van der Waals surface area contributed by atoms with E-state index in [4.69, 9.17) is 4.74 Å². The molecule has 0 aliphatic heterocycles. The van der Waals surface area contributed by atoms with Crippen molar-refractivity contribution in [1.82, 2.24) is 5.32 Å². The molecule has 1 N–H and O–H groups in total. The van der Waals surface area contributed by atoms with E-state index in [1.54, 1.807) is 0 Å². The third kappa shape index (κ3) is 3.02. The average molecular weight is 269 g/mol. The van der Waals surface area contributed by atoms with E-state index < -0.39 is 0 Å². The van der Waals surface area contributed by atoms with E-state index in [-0.39, 0.29) is 0 Å². The largest absolute Gasteiger partial charge is 0.457 e. The summed E-state index contributed by atoms with van der Waals surface area (Å²) in [5.74, 6) is 1.92. The van der Waals surface area contributed by atoms with Gasteiger partial charge in [0.2, 0.25) is 0 Å². The molecule has 0 aliphatic rings. The van der Waals surface area contributed by atoms with Gasteiger partial charge in [-0.3, -0.25) is 0 Å². The van der Waals surface area contributed by atoms with Crippen molar-refractivity contribution >= 4 is 0 Å². The summed E-state index contributed by atoms with van der Waals surface area (Å²) in [6.07, 6.45) is 0. The maximum Gasteiger partial charge on any atom is 0.133 e. The van der Waals surface area contributed by atoms with Gasteiger partial charge in [0, 0.05) is 6.54 Å². The Morgan fingerprint density at radius 3 is 2.25 bits per heavy atom.